The first-order chi connectivity index (χ1) is 12.4. The summed E-state index contributed by atoms with van der Waals surface area (Å²) >= 11 is 6.23. The Labute approximate surface area is 157 Å². The maximum absolute atomic E-state index is 12.9. The molecule has 26 heavy (non-hydrogen) atoms. The van der Waals surface area contributed by atoms with Crippen LogP contribution in [0.2, 0.25) is 5.02 Å². The molecule has 2 heterocycles. The van der Waals surface area contributed by atoms with Crippen molar-refractivity contribution in [3.8, 4) is 5.88 Å². The molecule has 0 bridgehead atoms. The smallest absolute Gasteiger partial charge is 0.257 e. The highest BCUT2D eigenvalue weighted by atomic mass is 35.5. The summed E-state index contributed by atoms with van der Waals surface area (Å²) in [6.45, 7) is 6.17. The summed E-state index contributed by atoms with van der Waals surface area (Å²) in [5.74, 6) is -0.0711. The lowest BCUT2D eigenvalue weighted by Crippen LogP contribution is -2.19. The molecule has 0 radical (unpaired) electrons. The molecule has 6 heteroatoms. The number of benzene rings is 1. The zero-order valence-corrected chi connectivity index (χ0v) is 15.8. The van der Waals surface area contributed by atoms with Crippen LogP contribution in [0.5, 0.6) is 5.88 Å². The second-order valence-electron chi connectivity index (χ2n) is 6.53. The molecular weight excluding hydrogens is 352 g/mol. The minimum absolute atomic E-state index is 0.00661. The Kier molecular flexibility index (Phi) is 5.28. The average molecular weight is 373 g/mol. The largest absolute Gasteiger partial charge is 0.477 e. The van der Waals surface area contributed by atoms with Gasteiger partial charge >= 0.3 is 0 Å². The maximum Gasteiger partial charge on any atom is 0.257 e. The average Bonchev–Trinajstić information content (AvgIpc) is 3.08. The number of aryl methyl sites for hydroxylation is 1. The van der Waals surface area contributed by atoms with Crippen molar-refractivity contribution in [3.05, 3.63) is 51.7 Å². The molecule has 0 saturated carbocycles. The number of pyridine rings is 1. The third-order valence-corrected chi connectivity index (χ3v) is 4.75. The highest BCUT2D eigenvalue weighted by molar-refractivity contribution is 6.34. The third kappa shape index (κ3) is 3.31. The van der Waals surface area contributed by atoms with Gasteiger partial charge < -0.3 is 10.1 Å². The first kappa shape index (κ1) is 18.4. The van der Waals surface area contributed by atoms with Crippen LogP contribution < -0.4 is 10.1 Å². The van der Waals surface area contributed by atoms with Gasteiger partial charge in [-0.3, -0.25) is 9.59 Å². The lowest BCUT2D eigenvalue weighted by molar-refractivity contribution is 0.0939. The van der Waals surface area contributed by atoms with Crippen molar-refractivity contribution in [2.45, 2.75) is 33.6 Å². The van der Waals surface area contributed by atoms with E-state index in [0.717, 1.165) is 5.56 Å². The molecule has 5 nitrogen and oxygen atoms in total. The number of amides is 1. The van der Waals surface area contributed by atoms with Crippen LogP contribution in [0, 0.1) is 5.92 Å². The van der Waals surface area contributed by atoms with Crippen LogP contribution in [0.25, 0.3) is 0 Å². The van der Waals surface area contributed by atoms with Gasteiger partial charge in [-0.1, -0.05) is 44.5 Å². The molecule has 0 atom stereocenters. The van der Waals surface area contributed by atoms with Crippen LogP contribution in [0.4, 0.5) is 5.69 Å². The van der Waals surface area contributed by atoms with Gasteiger partial charge in [0.25, 0.3) is 5.91 Å². The summed E-state index contributed by atoms with van der Waals surface area (Å²) in [5, 5.41) is 3.15. The maximum atomic E-state index is 12.9. The van der Waals surface area contributed by atoms with Gasteiger partial charge in [0.15, 0.2) is 5.78 Å². The van der Waals surface area contributed by atoms with Crippen molar-refractivity contribution < 1.29 is 14.3 Å². The van der Waals surface area contributed by atoms with E-state index in [1.54, 1.807) is 6.07 Å². The van der Waals surface area contributed by atoms with Crippen LogP contribution in [-0.4, -0.2) is 23.3 Å². The molecule has 0 unspecified atom stereocenters. The number of rotatable bonds is 5. The molecular formula is C20H21ClN2O3. The molecule has 1 amide bonds. The molecule has 2 aromatic rings. The van der Waals surface area contributed by atoms with Crippen LogP contribution in [0.3, 0.4) is 0 Å². The topological polar surface area (TPSA) is 68.3 Å². The number of nitrogens with zero attached hydrogens (tertiary/aromatic N) is 1. The quantitative estimate of drug-likeness (QED) is 0.793. The molecule has 1 aromatic carbocycles. The van der Waals surface area contributed by atoms with Gasteiger partial charge in [-0.15, -0.1) is 0 Å². The van der Waals surface area contributed by atoms with Crippen molar-refractivity contribution in [3.63, 3.8) is 0 Å². The van der Waals surface area contributed by atoms with E-state index in [-0.39, 0.29) is 22.6 Å². The van der Waals surface area contributed by atoms with E-state index in [1.165, 1.54) is 6.20 Å². The minimum Gasteiger partial charge on any atom is -0.477 e. The molecule has 1 aliphatic rings. The van der Waals surface area contributed by atoms with Crippen LogP contribution in [0.15, 0.2) is 24.4 Å². The minimum atomic E-state index is -0.356. The summed E-state index contributed by atoms with van der Waals surface area (Å²) in [5.41, 5.74) is 3.05. The molecule has 136 valence electrons. The van der Waals surface area contributed by atoms with Gasteiger partial charge in [0, 0.05) is 23.5 Å². The number of anilines is 1. The second-order valence-corrected chi connectivity index (χ2v) is 6.94. The summed E-state index contributed by atoms with van der Waals surface area (Å²) in [6.07, 6.45) is 2.71. The standard InChI is InChI=1S/C20H21ClN2O3/c1-4-12-6-5-7-15(16(12)18(24)11(2)3)23-19(25)17-13-8-9-26-20(13)22-10-14(17)21/h5-7,10-11H,4,8-9H2,1-3H3,(H,23,25). The van der Waals surface area contributed by atoms with E-state index >= 15 is 0 Å². The van der Waals surface area contributed by atoms with Crippen LogP contribution in [0.1, 0.15) is 52.6 Å². The van der Waals surface area contributed by atoms with Crippen molar-refractivity contribution in [1.29, 1.82) is 0 Å². The number of hydrogen-bond donors (Lipinski definition) is 1. The molecule has 0 fully saturated rings. The first-order valence-electron chi connectivity index (χ1n) is 8.71. The predicted octanol–water partition coefficient (Wildman–Crippen LogP) is 4.32. The molecule has 0 saturated heterocycles. The zero-order valence-electron chi connectivity index (χ0n) is 15.1. The normalized spacial score (nSPS) is 12.7. The van der Waals surface area contributed by atoms with Gasteiger partial charge in [-0.2, -0.15) is 0 Å². The van der Waals surface area contributed by atoms with E-state index in [1.807, 2.05) is 32.9 Å². The number of carbonyl (C=O) groups excluding carboxylic acids is 2. The number of hydrogen-bond acceptors (Lipinski definition) is 4. The van der Waals surface area contributed by atoms with E-state index in [9.17, 15) is 9.59 Å². The van der Waals surface area contributed by atoms with Crippen molar-refractivity contribution >= 4 is 29.0 Å². The van der Waals surface area contributed by atoms with E-state index in [2.05, 4.69) is 10.3 Å². The third-order valence-electron chi connectivity index (χ3n) is 4.46. The number of ketones is 1. The van der Waals surface area contributed by atoms with Gasteiger partial charge in [0.2, 0.25) is 5.88 Å². The number of carbonyl (C=O) groups is 2. The highest BCUT2D eigenvalue weighted by Gasteiger charge is 2.26. The first-order valence-corrected chi connectivity index (χ1v) is 9.09. The highest BCUT2D eigenvalue weighted by Crippen LogP contribution is 2.32. The Bertz CT molecular complexity index is 878. The Morgan fingerprint density at radius 3 is 2.77 bits per heavy atom. The summed E-state index contributed by atoms with van der Waals surface area (Å²) in [7, 11) is 0. The Morgan fingerprint density at radius 1 is 1.31 bits per heavy atom. The lowest BCUT2D eigenvalue weighted by atomic mass is 9.93. The van der Waals surface area contributed by atoms with E-state index in [0.29, 0.717) is 47.7 Å². The number of aromatic nitrogens is 1. The zero-order chi connectivity index (χ0) is 18.8. The fraction of sp³-hybridized carbons (Fsp3) is 0.350. The Morgan fingerprint density at radius 2 is 2.08 bits per heavy atom. The lowest BCUT2D eigenvalue weighted by Gasteiger charge is -2.16. The fourth-order valence-corrected chi connectivity index (χ4v) is 3.37. The SMILES string of the molecule is CCc1cccc(NC(=O)c2c(Cl)cnc3c2CCO3)c1C(=O)C(C)C. The predicted molar refractivity (Wildman–Crippen MR) is 101 cm³/mol. The number of fused-ring (bicyclic) bond motifs is 1. The van der Waals surface area contributed by atoms with Gasteiger partial charge in [0.05, 0.1) is 29.1 Å². The van der Waals surface area contributed by atoms with E-state index < -0.39 is 0 Å². The summed E-state index contributed by atoms with van der Waals surface area (Å²) in [4.78, 5) is 29.8. The number of ether oxygens (including phenoxy) is 1. The molecule has 1 aliphatic heterocycles. The van der Waals surface area contributed by atoms with Crippen molar-refractivity contribution in [2.75, 3.05) is 11.9 Å². The Balaban J connectivity index is 2.02. The monoisotopic (exact) mass is 372 g/mol. The number of nitrogens with one attached hydrogen (secondary N) is 1. The van der Waals surface area contributed by atoms with Crippen LogP contribution in [-0.2, 0) is 12.8 Å². The van der Waals surface area contributed by atoms with Crippen LogP contribution >= 0.6 is 11.6 Å². The molecule has 1 N–H and O–H groups in total. The van der Waals surface area contributed by atoms with Gasteiger partial charge in [-0.25, -0.2) is 4.98 Å². The van der Waals surface area contributed by atoms with Crippen molar-refractivity contribution in [1.82, 2.24) is 4.98 Å². The summed E-state index contributed by atoms with van der Waals surface area (Å²) in [6, 6.07) is 5.50. The molecule has 0 spiro atoms. The molecule has 1 aromatic heterocycles. The Hall–Kier alpha value is -2.40. The molecule has 3 rings (SSSR count). The number of halogens is 1. The fourth-order valence-electron chi connectivity index (χ4n) is 3.12. The van der Waals surface area contributed by atoms with Crippen molar-refractivity contribution in [2.24, 2.45) is 5.92 Å². The number of Topliss-reactive ketones (excluding diaryl/α,β-unsaturated/α-hetero) is 1. The van der Waals surface area contributed by atoms with E-state index in [4.69, 9.17) is 16.3 Å². The summed E-state index contributed by atoms with van der Waals surface area (Å²) < 4.78 is 5.42. The molecule has 0 aliphatic carbocycles. The van der Waals surface area contributed by atoms with Gasteiger partial charge in [0.1, 0.15) is 0 Å². The second kappa shape index (κ2) is 7.46. The van der Waals surface area contributed by atoms with Gasteiger partial charge in [-0.05, 0) is 18.1 Å².